The van der Waals surface area contributed by atoms with E-state index in [0.717, 1.165) is 16.8 Å². The van der Waals surface area contributed by atoms with E-state index in [4.69, 9.17) is 11.6 Å². The molecular formula is C24H28BrClF3N3O4S. The Morgan fingerprint density at radius 1 is 1.11 bits per heavy atom. The molecular weight excluding hydrogens is 599 g/mol. The predicted octanol–water partition coefficient (Wildman–Crippen LogP) is 5.22. The highest BCUT2D eigenvalue weighted by Gasteiger charge is 2.35. The lowest BCUT2D eigenvalue weighted by atomic mass is 10.1. The highest BCUT2D eigenvalue weighted by molar-refractivity contribution is 9.10. The van der Waals surface area contributed by atoms with Gasteiger partial charge in [0.2, 0.25) is 21.8 Å². The van der Waals surface area contributed by atoms with Crippen molar-refractivity contribution in [1.82, 2.24) is 10.2 Å². The van der Waals surface area contributed by atoms with Gasteiger partial charge in [0, 0.05) is 16.6 Å². The average Bonchev–Trinajstić information content (AvgIpc) is 2.73. The van der Waals surface area contributed by atoms with E-state index >= 15 is 0 Å². The molecule has 0 unspecified atom stereocenters. The highest BCUT2D eigenvalue weighted by Crippen LogP contribution is 2.36. The molecule has 2 aromatic carbocycles. The lowest BCUT2D eigenvalue weighted by molar-refractivity contribution is -0.140. The molecule has 0 fully saturated rings. The monoisotopic (exact) mass is 625 g/mol. The number of alkyl halides is 3. The summed E-state index contributed by atoms with van der Waals surface area (Å²) in [6.07, 6.45) is -4.01. The Balaban J connectivity index is 2.52. The molecule has 2 rings (SSSR count). The van der Waals surface area contributed by atoms with E-state index in [2.05, 4.69) is 21.2 Å². The zero-order valence-corrected chi connectivity index (χ0v) is 24.0. The number of anilines is 1. The van der Waals surface area contributed by atoms with Crippen LogP contribution >= 0.6 is 27.5 Å². The maximum absolute atomic E-state index is 13.5. The molecule has 204 valence electrons. The second-order valence-corrected chi connectivity index (χ2v) is 12.7. The fraction of sp³-hybridized carbons (Fsp3) is 0.417. The Morgan fingerprint density at radius 2 is 1.73 bits per heavy atom. The number of amides is 2. The average molecular weight is 627 g/mol. The minimum absolute atomic E-state index is 0.0646. The Morgan fingerprint density at radius 3 is 2.24 bits per heavy atom. The van der Waals surface area contributed by atoms with E-state index in [0.29, 0.717) is 22.0 Å². The molecule has 0 aromatic heterocycles. The number of carbonyl (C=O) groups excluding carboxylic acids is 2. The topological polar surface area (TPSA) is 86.8 Å². The van der Waals surface area contributed by atoms with Gasteiger partial charge in [-0.2, -0.15) is 13.2 Å². The van der Waals surface area contributed by atoms with Gasteiger partial charge in [-0.05, 0) is 63.6 Å². The molecule has 0 radical (unpaired) electrons. The van der Waals surface area contributed by atoms with Crippen molar-refractivity contribution < 1.29 is 31.2 Å². The predicted molar refractivity (Wildman–Crippen MR) is 141 cm³/mol. The molecule has 0 aliphatic rings. The van der Waals surface area contributed by atoms with Crippen LogP contribution in [0.25, 0.3) is 0 Å². The number of nitrogens with zero attached hydrogens (tertiary/aromatic N) is 2. The van der Waals surface area contributed by atoms with Crippen LogP contribution in [0, 0.1) is 0 Å². The number of benzene rings is 2. The van der Waals surface area contributed by atoms with E-state index in [1.165, 1.54) is 11.8 Å². The van der Waals surface area contributed by atoms with Gasteiger partial charge in [-0.3, -0.25) is 13.9 Å². The minimum atomic E-state index is -4.77. The largest absolute Gasteiger partial charge is 0.416 e. The first kappa shape index (κ1) is 30.9. The molecule has 0 saturated carbocycles. The van der Waals surface area contributed by atoms with Crippen LogP contribution in [0.2, 0.25) is 5.02 Å². The van der Waals surface area contributed by atoms with Gasteiger partial charge in [-0.1, -0.05) is 39.7 Å². The van der Waals surface area contributed by atoms with Crippen LogP contribution in [0.3, 0.4) is 0 Å². The first-order valence-corrected chi connectivity index (χ1v) is 14.0. The summed E-state index contributed by atoms with van der Waals surface area (Å²) < 4.78 is 66.4. The summed E-state index contributed by atoms with van der Waals surface area (Å²) in [7, 11) is -4.26. The number of sulfonamides is 1. The number of carbonyl (C=O) groups is 2. The zero-order valence-electron chi connectivity index (χ0n) is 20.9. The fourth-order valence-electron chi connectivity index (χ4n) is 3.36. The second kappa shape index (κ2) is 11.6. The van der Waals surface area contributed by atoms with E-state index in [1.54, 1.807) is 45.0 Å². The number of hydrogen-bond donors (Lipinski definition) is 1. The Hall–Kier alpha value is -2.31. The number of rotatable bonds is 8. The number of hydrogen-bond acceptors (Lipinski definition) is 4. The van der Waals surface area contributed by atoms with E-state index < -0.39 is 57.4 Å². The summed E-state index contributed by atoms with van der Waals surface area (Å²) in [5.41, 5.74) is -1.60. The molecule has 1 atom stereocenters. The van der Waals surface area contributed by atoms with Crippen molar-refractivity contribution in [3.63, 3.8) is 0 Å². The first-order valence-electron chi connectivity index (χ1n) is 11.0. The highest BCUT2D eigenvalue weighted by atomic mass is 79.9. The van der Waals surface area contributed by atoms with Crippen LogP contribution < -0.4 is 9.62 Å². The molecule has 2 amide bonds. The summed E-state index contributed by atoms with van der Waals surface area (Å²) in [5, 5.41) is 2.49. The molecule has 2 aromatic rings. The Kier molecular flexibility index (Phi) is 9.70. The molecule has 13 heteroatoms. The summed E-state index contributed by atoms with van der Waals surface area (Å²) in [6, 6.07) is 8.12. The van der Waals surface area contributed by atoms with E-state index in [1.807, 2.05) is 0 Å². The van der Waals surface area contributed by atoms with Crippen molar-refractivity contribution in [3.8, 4) is 0 Å². The van der Waals surface area contributed by atoms with Gasteiger partial charge in [0.15, 0.2) is 0 Å². The normalized spacial score (nSPS) is 13.1. The van der Waals surface area contributed by atoms with Gasteiger partial charge in [0.1, 0.15) is 12.6 Å². The maximum atomic E-state index is 13.5. The Bertz CT molecular complexity index is 1270. The number of halogens is 5. The van der Waals surface area contributed by atoms with Crippen molar-refractivity contribution in [1.29, 1.82) is 0 Å². The standard InChI is InChI=1S/C24H28BrClF3N3O4S/c1-15(22(34)30-23(2,3)4)31(13-16-7-6-8-18(25)11-16)21(33)14-32(37(5,35)36)20-12-17(24(27,28)29)9-10-19(20)26/h6-12,15H,13-14H2,1-5H3,(H,30,34)/t15-/m0/s1. The van der Waals surface area contributed by atoms with Gasteiger partial charge in [-0.15, -0.1) is 0 Å². The molecule has 0 heterocycles. The molecule has 0 bridgehead atoms. The van der Waals surface area contributed by atoms with Crippen molar-refractivity contribution in [3.05, 3.63) is 63.1 Å². The molecule has 0 aliphatic carbocycles. The van der Waals surface area contributed by atoms with Crippen LogP contribution in [0.15, 0.2) is 46.9 Å². The molecule has 0 spiro atoms. The zero-order chi connectivity index (χ0) is 28.3. The molecule has 0 saturated heterocycles. The van der Waals surface area contributed by atoms with Crippen molar-refractivity contribution >= 4 is 55.1 Å². The molecule has 37 heavy (non-hydrogen) atoms. The summed E-state index contributed by atoms with van der Waals surface area (Å²) in [4.78, 5) is 27.6. The first-order chi connectivity index (χ1) is 16.8. The molecule has 0 aliphatic heterocycles. The third kappa shape index (κ3) is 8.89. The SMILES string of the molecule is C[C@@H](C(=O)NC(C)(C)C)N(Cc1cccc(Br)c1)C(=O)CN(c1cc(C(F)(F)F)ccc1Cl)S(C)(=O)=O. The van der Waals surface area contributed by atoms with Gasteiger partial charge in [0.25, 0.3) is 0 Å². The Labute approximate surface area is 228 Å². The second-order valence-electron chi connectivity index (χ2n) is 9.50. The van der Waals surface area contributed by atoms with E-state index in [9.17, 15) is 31.2 Å². The van der Waals surface area contributed by atoms with Gasteiger partial charge in [-0.25, -0.2) is 8.42 Å². The quantitative estimate of drug-likeness (QED) is 0.436. The summed E-state index contributed by atoms with van der Waals surface area (Å²) >= 11 is 9.42. The summed E-state index contributed by atoms with van der Waals surface area (Å²) in [5.74, 6) is -1.30. The van der Waals surface area contributed by atoms with Crippen molar-refractivity contribution in [2.45, 2.75) is 52.0 Å². The van der Waals surface area contributed by atoms with Gasteiger partial charge >= 0.3 is 6.18 Å². The molecule has 7 nitrogen and oxygen atoms in total. The van der Waals surface area contributed by atoms with Gasteiger partial charge < -0.3 is 10.2 Å². The third-order valence-corrected chi connectivity index (χ3v) is 7.07. The van der Waals surface area contributed by atoms with E-state index in [-0.39, 0.29) is 11.6 Å². The van der Waals surface area contributed by atoms with Crippen molar-refractivity contribution in [2.75, 3.05) is 17.1 Å². The van der Waals surface area contributed by atoms with Crippen LogP contribution in [0.1, 0.15) is 38.8 Å². The lowest BCUT2D eigenvalue weighted by Crippen LogP contribution is -2.54. The molecule has 1 N–H and O–H groups in total. The maximum Gasteiger partial charge on any atom is 0.416 e. The lowest BCUT2D eigenvalue weighted by Gasteiger charge is -2.33. The summed E-state index contributed by atoms with van der Waals surface area (Å²) in [6.45, 7) is 5.84. The van der Waals surface area contributed by atoms with Gasteiger partial charge in [0.05, 0.1) is 22.5 Å². The van der Waals surface area contributed by atoms with Crippen LogP contribution in [0.5, 0.6) is 0 Å². The minimum Gasteiger partial charge on any atom is -0.350 e. The third-order valence-electron chi connectivity index (χ3n) is 5.13. The van der Waals surface area contributed by atoms with Crippen LogP contribution in [-0.2, 0) is 32.3 Å². The smallest absolute Gasteiger partial charge is 0.350 e. The van der Waals surface area contributed by atoms with Crippen LogP contribution in [-0.4, -0.2) is 49.5 Å². The van der Waals surface area contributed by atoms with Crippen LogP contribution in [0.4, 0.5) is 18.9 Å². The van der Waals surface area contributed by atoms with Crippen molar-refractivity contribution in [2.24, 2.45) is 0 Å². The fourth-order valence-corrected chi connectivity index (χ4v) is 4.93. The number of nitrogens with one attached hydrogen (secondary N) is 1.